The van der Waals surface area contributed by atoms with Crippen LogP contribution < -0.4 is 5.73 Å². The smallest absolute Gasteiger partial charge is 0.244 e. The molecule has 0 atom stereocenters. The van der Waals surface area contributed by atoms with Crippen LogP contribution in [0.25, 0.3) is 0 Å². The van der Waals surface area contributed by atoms with E-state index in [1.54, 1.807) is 6.92 Å². The lowest BCUT2D eigenvalue weighted by molar-refractivity contribution is -0.114. The maximum absolute atomic E-state index is 10.2. The van der Waals surface area contributed by atoms with Crippen LogP contribution in [0.15, 0.2) is 11.6 Å². The van der Waals surface area contributed by atoms with Gasteiger partial charge in [-0.3, -0.25) is 4.79 Å². The molecule has 0 aliphatic heterocycles. The van der Waals surface area contributed by atoms with Gasteiger partial charge in [-0.25, -0.2) is 0 Å². The first-order valence-electron chi connectivity index (χ1n) is 2.65. The van der Waals surface area contributed by atoms with Crippen molar-refractivity contribution >= 4 is 5.91 Å². The lowest BCUT2D eigenvalue weighted by Gasteiger charge is -1.88. The molecule has 0 fully saturated rings. The van der Waals surface area contributed by atoms with Gasteiger partial charge in [-0.2, -0.15) is 0 Å². The Kier molecular flexibility index (Phi) is 2.92. The average Bonchev–Trinajstić information content (AvgIpc) is 1.67. The Labute approximate surface area is 49.4 Å². The van der Waals surface area contributed by atoms with E-state index < -0.39 is 0 Å². The van der Waals surface area contributed by atoms with Crippen LogP contribution in [0.2, 0.25) is 0 Å². The van der Waals surface area contributed by atoms with Crippen LogP contribution in [0.3, 0.4) is 0 Å². The summed E-state index contributed by atoms with van der Waals surface area (Å²) < 4.78 is 0. The van der Waals surface area contributed by atoms with Gasteiger partial charge in [0.15, 0.2) is 0 Å². The van der Waals surface area contributed by atoms with E-state index in [0.717, 1.165) is 6.42 Å². The molecule has 0 spiro atoms. The molecule has 0 aromatic rings. The molecule has 0 saturated carbocycles. The number of carbonyl (C=O) groups is 1. The molecule has 0 radical (unpaired) electrons. The largest absolute Gasteiger partial charge is 0.366 e. The summed E-state index contributed by atoms with van der Waals surface area (Å²) in [5.74, 6) is -0.327. The molecule has 0 aromatic heterocycles. The van der Waals surface area contributed by atoms with E-state index in [0.29, 0.717) is 5.57 Å². The highest BCUT2D eigenvalue weighted by molar-refractivity contribution is 5.91. The normalized spacial score (nSPS) is 11.5. The lowest BCUT2D eigenvalue weighted by Crippen LogP contribution is -2.11. The molecule has 1 amide bonds. The molecule has 0 rings (SSSR count). The first-order chi connectivity index (χ1) is 3.68. The number of hydrogen-bond donors (Lipinski definition) is 1. The van der Waals surface area contributed by atoms with E-state index in [1.165, 1.54) is 0 Å². The van der Waals surface area contributed by atoms with Crippen LogP contribution in [0.5, 0.6) is 0 Å². The summed E-state index contributed by atoms with van der Waals surface area (Å²) in [6.45, 7) is 3.68. The Balaban J connectivity index is 3.80. The van der Waals surface area contributed by atoms with Crippen molar-refractivity contribution in [2.45, 2.75) is 20.3 Å². The van der Waals surface area contributed by atoms with Crippen molar-refractivity contribution in [3.8, 4) is 0 Å². The molecular weight excluding hydrogens is 102 g/mol. The van der Waals surface area contributed by atoms with Gasteiger partial charge in [0.2, 0.25) is 5.91 Å². The fourth-order valence-corrected chi connectivity index (χ4v) is 0.407. The summed E-state index contributed by atoms with van der Waals surface area (Å²) in [6.07, 6.45) is 2.68. The molecule has 2 N–H and O–H groups in total. The number of primary amides is 1. The first-order valence-corrected chi connectivity index (χ1v) is 2.65. The topological polar surface area (TPSA) is 43.1 Å². The third kappa shape index (κ3) is 2.39. The lowest BCUT2D eigenvalue weighted by atomic mass is 10.2. The Morgan fingerprint density at radius 3 is 2.38 bits per heavy atom. The van der Waals surface area contributed by atoms with Crippen molar-refractivity contribution in [2.24, 2.45) is 5.73 Å². The third-order valence-corrected chi connectivity index (χ3v) is 0.899. The van der Waals surface area contributed by atoms with E-state index >= 15 is 0 Å². The predicted octanol–water partition coefficient (Wildman–Crippen LogP) is 0.828. The second-order valence-corrected chi connectivity index (χ2v) is 1.66. The molecule has 46 valence electrons. The van der Waals surface area contributed by atoms with Crippen LogP contribution >= 0.6 is 0 Å². The van der Waals surface area contributed by atoms with Gasteiger partial charge in [-0.05, 0) is 13.3 Å². The van der Waals surface area contributed by atoms with Crippen molar-refractivity contribution in [1.29, 1.82) is 0 Å². The number of hydrogen-bond acceptors (Lipinski definition) is 1. The Morgan fingerprint density at radius 2 is 2.25 bits per heavy atom. The van der Waals surface area contributed by atoms with Crippen molar-refractivity contribution in [2.75, 3.05) is 0 Å². The molecule has 0 bridgehead atoms. The standard InChI is InChI=1S/C6H11NO/c1-3-4-5(2)6(7)8/h4H,3H2,1-2H3,(H2,7,8)/b5-4+. The van der Waals surface area contributed by atoms with Gasteiger partial charge in [-0.1, -0.05) is 13.0 Å². The number of carbonyl (C=O) groups excluding carboxylic acids is 1. The number of allylic oxidation sites excluding steroid dienone is 1. The van der Waals surface area contributed by atoms with Gasteiger partial charge in [0, 0.05) is 5.57 Å². The van der Waals surface area contributed by atoms with E-state index in [4.69, 9.17) is 5.73 Å². The minimum absolute atomic E-state index is 0.327. The van der Waals surface area contributed by atoms with Gasteiger partial charge in [0.1, 0.15) is 0 Å². The summed E-state index contributed by atoms with van der Waals surface area (Å²) in [4.78, 5) is 10.2. The number of rotatable bonds is 2. The van der Waals surface area contributed by atoms with Crippen LogP contribution in [-0.2, 0) is 4.79 Å². The molecule has 0 saturated heterocycles. The highest BCUT2D eigenvalue weighted by Gasteiger charge is 1.91. The van der Waals surface area contributed by atoms with E-state index in [9.17, 15) is 4.79 Å². The van der Waals surface area contributed by atoms with E-state index in [1.807, 2.05) is 13.0 Å². The summed E-state index contributed by atoms with van der Waals surface area (Å²) in [6, 6.07) is 0. The quantitative estimate of drug-likeness (QED) is 0.529. The van der Waals surface area contributed by atoms with Crippen LogP contribution in [0.1, 0.15) is 20.3 Å². The molecule has 8 heavy (non-hydrogen) atoms. The minimum atomic E-state index is -0.327. The Bertz CT molecular complexity index is 116. The van der Waals surface area contributed by atoms with Gasteiger partial charge in [0.05, 0.1) is 0 Å². The first kappa shape index (κ1) is 7.21. The van der Waals surface area contributed by atoms with Crippen molar-refractivity contribution in [3.63, 3.8) is 0 Å². The maximum Gasteiger partial charge on any atom is 0.244 e. The number of nitrogens with two attached hydrogens (primary N) is 1. The monoisotopic (exact) mass is 113 g/mol. The molecule has 2 heteroatoms. The summed E-state index contributed by atoms with van der Waals surface area (Å²) in [5, 5.41) is 0. The van der Waals surface area contributed by atoms with Crippen LogP contribution in [-0.4, -0.2) is 5.91 Å². The molecule has 0 aliphatic carbocycles. The van der Waals surface area contributed by atoms with Gasteiger partial charge >= 0.3 is 0 Å². The van der Waals surface area contributed by atoms with Crippen LogP contribution in [0, 0.1) is 0 Å². The Morgan fingerprint density at radius 1 is 1.75 bits per heavy atom. The second kappa shape index (κ2) is 3.24. The average molecular weight is 113 g/mol. The number of amides is 1. The zero-order valence-electron chi connectivity index (χ0n) is 5.27. The van der Waals surface area contributed by atoms with Gasteiger partial charge < -0.3 is 5.73 Å². The molecule has 2 nitrogen and oxygen atoms in total. The zero-order valence-corrected chi connectivity index (χ0v) is 5.27. The zero-order chi connectivity index (χ0) is 6.57. The van der Waals surface area contributed by atoms with Crippen molar-refractivity contribution < 1.29 is 4.79 Å². The molecule has 0 heterocycles. The fourth-order valence-electron chi connectivity index (χ4n) is 0.407. The molecule has 0 unspecified atom stereocenters. The molecule has 0 aromatic carbocycles. The van der Waals surface area contributed by atoms with Crippen molar-refractivity contribution in [3.05, 3.63) is 11.6 Å². The highest BCUT2D eigenvalue weighted by Crippen LogP contribution is 1.91. The summed E-state index contributed by atoms with van der Waals surface area (Å²) in [7, 11) is 0. The highest BCUT2D eigenvalue weighted by atomic mass is 16.1. The second-order valence-electron chi connectivity index (χ2n) is 1.66. The van der Waals surface area contributed by atoms with Gasteiger partial charge in [0.25, 0.3) is 0 Å². The van der Waals surface area contributed by atoms with Gasteiger partial charge in [-0.15, -0.1) is 0 Å². The fraction of sp³-hybridized carbons (Fsp3) is 0.500. The van der Waals surface area contributed by atoms with E-state index in [2.05, 4.69) is 0 Å². The molecular formula is C6H11NO. The van der Waals surface area contributed by atoms with Crippen molar-refractivity contribution in [1.82, 2.24) is 0 Å². The SMILES string of the molecule is CC/C=C(\C)C(N)=O. The Hall–Kier alpha value is -0.790. The third-order valence-electron chi connectivity index (χ3n) is 0.899. The van der Waals surface area contributed by atoms with E-state index in [-0.39, 0.29) is 5.91 Å². The summed E-state index contributed by atoms with van der Waals surface area (Å²) >= 11 is 0. The van der Waals surface area contributed by atoms with Crippen LogP contribution in [0.4, 0.5) is 0 Å². The summed E-state index contributed by atoms with van der Waals surface area (Å²) in [5.41, 5.74) is 5.56. The predicted molar refractivity (Wildman–Crippen MR) is 33.2 cm³/mol. The minimum Gasteiger partial charge on any atom is -0.366 e. The molecule has 0 aliphatic rings. The maximum atomic E-state index is 10.2.